The van der Waals surface area contributed by atoms with Crippen LogP contribution in [0, 0.1) is 0 Å². The summed E-state index contributed by atoms with van der Waals surface area (Å²) in [5, 5.41) is 3.49. The molecule has 0 aliphatic rings. The fourth-order valence-electron chi connectivity index (χ4n) is 2.23. The standard InChI is InChI=1S/C16H21NO3/c1-4-17-16(7-12-5-6-20-11-12)13-8-14(18-2)10-15(9-13)19-3/h5-6,8-11,16-17H,4,7H2,1-3H3. The summed E-state index contributed by atoms with van der Waals surface area (Å²) in [7, 11) is 3.33. The van der Waals surface area contributed by atoms with Crippen molar-refractivity contribution in [3.63, 3.8) is 0 Å². The Hall–Kier alpha value is -1.94. The van der Waals surface area contributed by atoms with Crippen LogP contribution >= 0.6 is 0 Å². The van der Waals surface area contributed by atoms with Crippen LogP contribution in [0.25, 0.3) is 0 Å². The Labute approximate surface area is 119 Å². The first-order valence-corrected chi connectivity index (χ1v) is 6.74. The average molecular weight is 275 g/mol. The van der Waals surface area contributed by atoms with Gasteiger partial charge in [0.25, 0.3) is 0 Å². The molecular weight excluding hydrogens is 254 g/mol. The summed E-state index contributed by atoms with van der Waals surface area (Å²) in [6.45, 7) is 2.99. The van der Waals surface area contributed by atoms with Crippen LogP contribution in [0.4, 0.5) is 0 Å². The average Bonchev–Trinajstić information content (AvgIpc) is 2.99. The van der Waals surface area contributed by atoms with E-state index in [-0.39, 0.29) is 6.04 Å². The van der Waals surface area contributed by atoms with Crippen molar-refractivity contribution in [1.82, 2.24) is 5.32 Å². The number of hydrogen-bond acceptors (Lipinski definition) is 4. The quantitative estimate of drug-likeness (QED) is 0.842. The molecule has 0 aliphatic heterocycles. The first-order valence-electron chi connectivity index (χ1n) is 6.74. The number of likely N-dealkylation sites (N-methyl/N-ethyl adjacent to an activating group) is 1. The first kappa shape index (κ1) is 14.5. The van der Waals surface area contributed by atoms with E-state index >= 15 is 0 Å². The Kier molecular flexibility index (Phi) is 5.07. The van der Waals surface area contributed by atoms with Gasteiger partial charge in [-0.05, 0) is 42.3 Å². The van der Waals surface area contributed by atoms with Crippen LogP contribution in [0.15, 0.2) is 41.2 Å². The molecule has 0 amide bonds. The van der Waals surface area contributed by atoms with Gasteiger partial charge in [-0.15, -0.1) is 0 Å². The van der Waals surface area contributed by atoms with Gasteiger partial charge < -0.3 is 19.2 Å². The van der Waals surface area contributed by atoms with Crippen LogP contribution in [0.2, 0.25) is 0 Å². The second-order valence-electron chi connectivity index (χ2n) is 4.59. The van der Waals surface area contributed by atoms with Gasteiger partial charge in [0.1, 0.15) is 11.5 Å². The maximum atomic E-state index is 5.33. The zero-order chi connectivity index (χ0) is 14.4. The van der Waals surface area contributed by atoms with Crippen LogP contribution in [0.5, 0.6) is 11.5 Å². The molecule has 1 unspecified atom stereocenters. The SMILES string of the molecule is CCNC(Cc1ccoc1)c1cc(OC)cc(OC)c1. The molecule has 1 aromatic carbocycles. The highest BCUT2D eigenvalue weighted by Crippen LogP contribution is 2.28. The maximum absolute atomic E-state index is 5.33. The van der Waals surface area contributed by atoms with Crippen LogP contribution in [-0.4, -0.2) is 20.8 Å². The minimum Gasteiger partial charge on any atom is -0.497 e. The number of nitrogens with one attached hydrogen (secondary N) is 1. The van der Waals surface area contributed by atoms with E-state index < -0.39 is 0 Å². The molecule has 1 heterocycles. The lowest BCUT2D eigenvalue weighted by atomic mass is 10.00. The van der Waals surface area contributed by atoms with Gasteiger partial charge in [-0.3, -0.25) is 0 Å². The molecule has 0 bridgehead atoms. The largest absolute Gasteiger partial charge is 0.497 e. The van der Waals surface area contributed by atoms with Gasteiger partial charge in [0, 0.05) is 12.1 Å². The third-order valence-electron chi connectivity index (χ3n) is 3.25. The van der Waals surface area contributed by atoms with Crippen molar-refractivity contribution >= 4 is 0 Å². The van der Waals surface area contributed by atoms with Gasteiger partial charge in [-0.25, -0.2) is 0 Å². The number of methoxy groups -OCH3 is 2. The monoisotopic (exact) mass is 275 g/mol. The zero-order valence-corrected chi connectivity index (χ0v) is 12.2. The van der Waals surface area contributed by atoms with Crippen molar-refractivity contribution in [3.05, 3.63) is 47.9 Å². The fourth-order valence-corrected chi connectivity index (χ4v) is 2.23. The smallest absolute Gasteiger partial charge is 0.122 e. The molecule has 20 heavy (non-hydrogen) atoms. The highest BCUT2D eigenvalue weighted by Gasteiger charge is 2.14. The normalized spacial score (nSPS) is 12.2. The number of furan rings is 1. The van der Waals surface area contributed by atoms with Crippen LogP contribution in [-0.2, 0) is 6.42 Å². The molecule has 0 spiro atoms. The van der Waals surface area contributed by atoms with E-state index in [1.165, 1.54) is 0 Å². The minimum atomic E-state index is 0.196. The summed E-state index contributed by atoms with van der Waals surface area (Å²) in [5.74, 6) is 1.60. The number of ether oxygens (including phenoxy) is 2. The molecular formula is C16H21NO3. The van der Waals surface area contributed by atoms with Crippen molar-refractivity contribution in [1.29, 1.82) is 0 Å². The lowest BCUT2D eigenvalue weighted by Crippen LogP contribution is -2.22. The lowest BCUT2D eigenvalue weighted by Gasteiger charge is -2.19. The molecule has 0 saturated carbocycles. The molecule has 0 saturated heterocycles. The zero-order valence-electron chi connectivity index (χ0n) is 12.2. The maximum Gasteiger partial charge on any atom is 0.122 e. The summed E-state index contributed by atoms with van der Waals surface area (Å²) >= 11 is 0. The molecule has 1 atom stereocenters. The Morgan fingerprint density at radius 2 is 1.85 bits per heavy atom. The molecule has 0 aliphatic carbocycles. The van der Waals surface area contributed by atoms with Gasteiger partial charge in [0.05, 0.1) is 26.7 Å². The summed E-state index contributed by atoms with van der Waals surface area (Å²) in [5.41, 5.74) is 2.31. The Morgan fingerprint density at radius 3 is 2.35 bits per heavy atom. The minimum absolute atomic E-state index is 0.196. The summed E-state index contributed by atoms with van der Waals surface area (Å²) in [4.78, 5) is 0. The van der Waals surface area contributed by atoms with Crippen LogP contribution < -0.4 is 14.8 Å². The van der Waals surface area contributed by atoms with Crippen molar-refractivity contribution in [2.24, 2.45) is 0 Å². The van der Waals surface area contributed by atoms with E-state index in [0.717, 1.165) is 35.6 Å². The van der Waals surface area contributed by atoms with E-state index in [9.17, 15) is 0 Å². The highest BCUT2D eigenvalue weighted by molar-refractivity contribution is 5.40. The van der Waals surface area contributed by atoms with Crippen LogP contribution in [0.3, 0.4) is 0 Å². The Bertz CT molecular complexity index is 500. The molecule has 1 aromatic heterocycles. The van der Waals surface area contributed by atoms with Crippen molar-refractivity contribution < 1.29 is 13.9 Å². The van der Waals surface area contributed by atoms with Crippen LogP contribution in [0.1, 0.15) is 24.1 Å². The van der Waals surface area contributed by atoms with Gasteiger partial charge >= 0.3 is 0 Å². The topological polar surface area (TPSA) is 43.6 Å². The van der Waals surface area contributed by atoms with Crippen molar-refractivity contribution in [2.75, 3.05) is 20.8 Å². The number of rotatable bonds is 7. The van der Waals surface area contributed by atoms with E-state index in [0.29, 0.717) is 0 Å². The molecule has 2 rings (SSSR count). The fraction of sp³-hybridized carbons (Fsp3) is 0.375. The predicted molar refractivity (Wildman–Crippen MR) is 78.4 cm³/mol. The van der Waals surface area contributed by atoms with Gasteiger partial charge in [0.15, 0.2) is 0 Å². The van der Waals surface area contributed by atoms with E-state index in [1.807, 2.05) is 24.3 Å². The molecule has 4 heteroatoms. The number of benzene rings is 1. The summed E-state index contributed by atoms with van der Waals surface area (Å²) in [6, 6.07) is 8.14. The van der Waals surface area contributed by atoms with E-state index in [2.05, 4.69) is 12.2 Å². The van der Waals surface area contributed by atoms with E-state index in [1.54, 1.807) is 26.7 Å². The third kappa shape index (κ3) is 3.54. The molecule has 1 N–H and O–H groups in total. The predicted octanol–water partition coefficient (Wildman–Crippen LogP) is 3.19. The van der Waals surface area contributed by atoms with Crippen molar-refractivity contribution in [3.8, 4) is 11.5 Å². The molecule has 108 valence electrons. The summed E-state index contributed by atoms with van der Waals surface area (Å²) < 4.78 is 15.8. The van der Waals surface area contributed by atoms with Crippen molar-refractivity contribution in [2.45, 2.75) is 19.4 Å². The second kappa shape index (κ2) is 7.01. The molecule has 2 aromatic rings. The third-order valence-corrected chi connectivity index (χ3v) is 3.25. The lowest BCUT2D eigenvalue weighted by molar-refractivity contribution is 0.391. The molecule has 0 radical (unpaired) electrons. The molecule has 0 fully saturated rings. The number of hydrogen-bond donors (Lipinski definition) is 1. The summed E-state index contributed by atoms with van der Waals surface area (Å²) in [6.07, 6.45) is 4.34. The van der Waals surface area contributed by atoms with E-state index in [4.69, 9.17) is 13.9 Å². The van der Waals surface area contributed by atoms with Gasteiger partial charge in [-0.2, -0.15) is 0 Å². The first-order chi connectivity index (χ1) is 9.76. The highest BCUT2D eigenvalue weighted by atomic mass is 16.5. The van der Waals surface area contributed by atoms with Gasteiger partial charge in [-0.1, -0.05) is 6.92 Å². The second-order valence-corrected chi connectivity index (χ2v) is 4.59. The Morgan fingerprint density at radius 1 is 1.15 bits per heavy atom. The Balaban J connectivity index is 2.27. The van der Waals surface area contributed by atoms with Gasteiger partial charge in [0.2, 0.25) is 0 Å². The molecule has 4 nitrogen and oxygen atoms in total.